The minimum atomic E-state index is 0. The molecule has 1 aromatic rings. The normalized spacial score (nSPS) is 31.4. The molecule has 6 aliphatic rings. The molecule has 1 saturated heterocycles. The van der Waals surface area contributed by atoms with Gasteiger partial charge in [0.1, 0.15) is 5.56 Å². The molecule has 0 unspecified atom stereocenters. The summed E-state index contributed by atoms with van der Waals surface area (Å²) >= 11 is 0. The van der Waals surface area contributed by atoms with Gasteiger partial charge in [0.15, 0.2) is 0 Å². The fourth-order valence-electron chi connectivity index (χ4n) is 8.46. The minimum absolute atomic E-state index is 0. The fourth-order valence-corrected chi connectivity index (χ4v) is 8.46. The lowest BCUT2D eigenvalue weighted by Gasteiger charge is -2.54. The number of nitrogens with one attached hydrogen (secondary N) is 1. The third-order valence-electron chi connectivity index (χ3n) is 10.4. The lowest BCUT2D eigenvalue weighted by Crippen LogP contribution is -2.55. The molecule has 0 spiro atoms. The van der Waals surface area contributed by atoms with E-state index in [-0.39, 0.29) is 30.7 Å². The predicted octanol–water partition coefficient (Wildman–Crippen LogP) is 4.91. The van der Waals surface area contributed by atoms with Gasteiger partial charge in [0.25, 0.3) is 5.91 Å². The topological polar surface area (TPSA) is 85.4 Å². The molecule has 1 amide bonds. The van der Waals surface area contributed by atoms with E-state index in [2.05, 4.69) is 15.3 Å². The second-order valence-electron chi connectivity index (χ2n) is 12.9. The lowest BCUT2D eigenvalue weighted by molar-refractivity contribution is -0.0120. The van der Waals surface area contributed by atoms with E-state index in [1.54, 1.807) is 6.20 Å². The summed E-state index contributed by atoms with van der Waals surface area (Å²) in [5.41, 5.74) is 6.52. The van der Waals surface area contributed by atoms with Gasteiger partial charge >= 0.3 is 0 Å². The van der Waals surface area contributed by atoms with Crippen molar-refractivity contribution in [2.24, 2.45) is 41.2 Å². The molecule has 5 saturated carbocycles. The Labute approximate surface area is 241 Å². The van der Waals surface area contributed by atoms with Crippen molar-refractivity contribution in [1.82, 2.24) is 20.0 Å². The number of carbonyl (C=O) groups excluding carboxylic acids is 1. The number of likely N-dealkylation sites (tertiary alicyclic amines) is 1. The van der Waals surface area contributed by atoms with E-state index in [1.807, 2.05) is 4.68 Å². The minimum Gasteiger partial charge on any atom is -0.477 e. The van der Waals surface area contributed by atoms with Gasteiger partial charge in [-0.25, -0.2) is 4.68 Å². The van der Waals surface area contributed by atoms with Crippen LogP contribution in [0.5, 0.6) is 5.88 Å². The number of piperidine rings is 1. The van der Waals surface area contributed by atoms with Crippen molar-refractivity contribution in [3.05, 3.63) is 11.8 Å². The monoisotopic (exact) mass is 569 g/mol. The molecule has 2 heterocycles. The van der Waals surface area contributed by atoms with Crippen LogP contribution in [-0.4, -0.2) is 59.4 Å². The second kappa shape index (κ2) is 13.6. The van der Waals surface area contributed by atoms with Gasteiger partial charge in [-0.1, -0.05) is 19.3 Å². The summed E-state index contributed by atoms with van der Waals surface area (Å²) in [7, 11) is 0. The van der Waals surface area contributed by atoms with Crippen LogP contribution in [0.25, 0.3) is 0 Å². The highest BCUT2D eigenvalue weighted by Gasteiger charge is 2.48. The number of carbonyl (C=O) groups is 1. The van der Waals surface area contributed by atoms with Gasteiger partial charge in [-0.15, -0.1) is 24.8 Å². The van der Waals surface area contributed by atoms with E-state index < -0.39 is 0 Å². The number of halogens is 2. The van der Waals surface area contributed by atoms with Crippen molar-refractivity contribution >= 4 is 30.7 Å². The van der Waals surface area contributed by atoms with E-state index in [0.717, 1.165) is 44.6 Å². The zero-order chi connectivity index (χ0) is 24.5. The molecule has 9 heteroatoms. The highest BCUT2D eigenvalue weighted by molar-refractivity contribution is 5.96. The standard InChI is InChI=1S/C29H47N5O2.2ClH/c30-17-20-6-8-33(9-7-20)10-11-34-29(36-19-21-4-2-1-3-5-21)26(18-31-34)28(35)32-27-24-13-22-12-23(15-24)16-25(27)14-22;;/h18,20-25,27H,1-17,19,30H2,(H,32,35);2*1H. The van der Waals surface area contributed by atoms with Crippen LogP contribution in [0.1, 0.15) is 87.4 Å². The van der Waals surface area contributed by atoms with Gasteiger partial charge < -0.3 is 20.7 Å². The van der Waals surface area contributed by atoms with Gasteiger partial charge in [0.05, 0.1) is 19.3 Å². The lowest BCUT2D eigenvalue weighted by atomic mass is 9.54. The van der Waals surface area contributed by atoms with Crippen LogP contribution < -0.4 is 15.8 Å². The van der Waals surface area contributed by atoms with E-state index in [0.29, 0.717) is 47.8 Å². The quantitative estimate of drug-likeness (QED) is 0.441. The van der Waals surface area contributed by atoms with Gasteiger partial charge in [0, 0.05) is 12.6 Å². The molecular formula is C29H49Cl2N5O2. The van der Waals surface area contributed by atoms with Crippen molar-refractivity contribution in [2.75, 3.05) is 32.8 Å². The third-order valence-corrected chi connectivity index (χ3v) is 10.4. The molecule has 7 nitrogen and oxygen atoms in total. The molecule has 3 N–H and O–H groups in total. The SMILES string of the molecule is Cl.Cl.NCC1CCN(CCn2ncc(C(=O)NC3C4CC5CC(C4)CC3C5)c2OCC2CCCCC2)CC1. The summed E-state index contributed by atoms with van der Waals surface area (Å²) in [6.07, 6.45) is 17.2. The fraction of sp³-hybridized carbons (Fsp3) is 0.862. The first-order chi connectivity index (χ1) is 17.7. The first kappa shape index (κ1) is 30.0. The van der Waals surface area contributed by atoms with E-state index in [4.69, 9.17) is 10.5 Å². The van der Waals surface area contributed by atoms with Crippen LogP contribution in [-0.2, 0) is 6.54 Å². The second-order valence-corrected chi connectivity index (χ2v) is 12.9. The molecule has 0 atom stereocenters. The summed E-state index contributed by atoms with van der Waals surface area (Å²) in [5, 5.41) is 8.18. The Morgan fingerprint density at radius 3 is 2.21 bits per heavy atom. The first-order valence-corrected chi connectivity index (χ1v) is 15.1. The van der Waals surface area contributed by atoms with E-state index in [9.17, 15) is 4.79 Å². The largest absolute Gasteiger partial charge is 0.477 e. The summed E-state index contributed by atoms with van der Waals surface area (Å²) in [4.78, 5) is 16.1. The van der Waals surface area contributed by atoms with Gasteiger partial charge in [-0.05, 0) is 113 Å². The molecule has 7 rings (SSSR count). The van der Waals surface area contributed by atoms with Gasteiger partial charge in [-0.3, -0.25) is 4.79 Å². The molecule has 5 aliphatic carbocycles. The third kappa shape index (κ3) is 6.64. The Balaban J connectivity index is 0.00000168. The molecule has 38 heavy (non-hydrogen) atoms. The highest BCUT2D eigenvalue weighted by atomic mass is 35.5. The van der Waals surface area contributed by atoms with Crippen molar-refractivity contribution in [3.8, 4) is 5.88 Å². The number of aromatic nitrogens is 2. The number of rotatable bonds is 9. The number of hydrogen-bond acceptors (Lipinski definition) is 5. The van der Waals surface area contributed by atoms with Crippen molar-refractivity contribution in [1.29, 1.82) is 0 Å². The Morgan fingerprint density at radius 2 is 1.58 bits per heavy atom. The van der Waals surface area contributed by atoms with E-state index >= 15 is 0 Å². The molecule has 6 fully saturated rings. The maximum Gasteiger partial charge on any atom is 0.258 e. The van der Waals surface area contributed by atoms with E-state index in [1.165, 1.54) is 77.0 Å². The molecule has 4 bridgehead atoms. The van der Waals surface area contributed by atoms with Crippen molar-refractivity contribution in [2.45, 2.75) is 89.6 Å². The number of nitrogens with two attached hydrogens (primary N) is 1. The van der Waals surface area contributed by atoms with Crippen molar-refractivity contribution < 1.29 is 9.53 Å². The zero-order valence-electron chi connectivity index (χ0n) is 22.9. The number of hydrogen-bond donors (Lipinski definition) is 2. The summed E-state index contributed by atoms with van der Waals surface area (Å²) in [5.74, 6) is 5.14. The summed E-state index contributed by atoms with van der Waals surface area (Å²) in [6.45, 7) is 5.40. The van der Waals surface area contributed by atoms with Crippen LogP contribution in [0, 0.1) is 35.5 Å². The number of ether oxygens (including phenoxy) is 1. The predicted molar refractivity (Wildman–Crippen MR) is 155 cm³/mol. The Kier molecular flexibility index (Phi) is 10.7. The Bertz CT molecular complexity index is 870. The zero-order valence-corrected chi connectivity index (χ0v) is 24.5. The Morgan fingerprint density at radius 1 is 0.921 bits per heavy atom. The maximum absolute atomic E-state index is 13.6. The smallest absolute Gasteiger partial charge is 0.258 e. The average molecular weight is 571 g/mol. The molecular weight excluding hydrogens is 521 g/mol. The molecule has 0 radical (unpaired) electrons. The van der Waals surface area contributed by atoms with Crippen LogP contribution >= 0.6 is 24.8 Å². The van der Waals surface area contributed by atoms with Gasteiger partial charge in [0.2, 0.25) is 5.88 Å². The van der Waals surface area contributed by atoms with Crippen LogP contribution in [0.4, 0.5) is 0 Å². The van der Waals surface area contributed by atoms with Gasteiger partial charge in [-0.2, -0.15) is 5.10 Å². The molecule has 216 valence electrons. The first-order valence-electron chi connectivity index (χ1n) is 15.1. The molecule has 1 aromatic heterocycles. The Hall–Kier alpha value is -1.02. The van der Waals surface area contributed by atoms with Crippen molar-refractivity contribution in [3.63, 3.8) is 0 Å². The highest BCUT2D eigenvalue weighted by Crippen LogP contribution is 2.53. The summed E-state index contributed by atoms with van der Waals surface area (Å²) in [6, 6.07) is 0.337. The average Bonchev–Trinajstić information content (AvgIpc) is 3.31. The summed E-state index contributed by atoms with van der Waals surface area (Å²) < 4.78 is 8.42. The van der Waals surface area contributed by atoms with Crippen LogP contribution in [0.3, 0.4) is 0 Å². The molecule has 1 aliphatic heterocycles. The molecule has 0 aromatic carbocycles. The maximum atomic E-state index is 13.6. The van der Waals surface area contributed by atoms with Crippen LogP contribution in [0.2, 0.25) is 0 Å². The van der Waals surface area contributed by atoms with Crippen LogP contribution in [0.15, 0.2) is 6.20 Å². The number of nitrogens with zero attached hydrogens (tertiary/aromatic N) is 3. The number of amides is 1.